The molecular weight excluding hydrogens is 248 g/mol. The molecule has 0 fully saturated rings. The molecule has 3 aromatic rings. The van der Waals surface area contributed by atoms with E-state index in [9.17, 15) is 0 Å². The molecule has 0 aliphatic carbocycles. The fourth-order valence-electron chi connectivity index (χ4n) is 2.35. The maximum Gasteiger partial charge on any atom is 0.123 e. The monoisotopic (exact) mass is 266 g/mol. The summed E-state index contributed by atoms with van der Waals surface area (Å²) in [6, 6.07) is 14.3. The van der Waals surface area contributed by atoms with Gasteiger partial charge in [-0.3, -0.25) is 4.98 Å². The number of para-hydroxylation sites is 2. The molecule has 4 nitrogen and oxygen atoms in total. The first kappa shape index (κ1) is 12.8. The zero-order valence-corrected chi connectivity index (χ0v) is 11.8. The number of imidazole rings is 1. The molecule has 1 N–H and O–H groups in total. The smallest absolute Gasteiger partial charge is 0.123 e. The zero-order chi connectivity index (χ0) is 13.9. The van der Waals surface area contributed by atoms with E-state index in [1.165, 1.54) is 0 Å². The Balaban J connectivity index is 1.69. The lowest BCUT2D eigenvalue weighted by atomic mass is 10.3. The predicted molar refractivity (Wildman–Crippen MR) is 80.2 cm³/mol. The lowest BCUT2D eigenvalue weighted by Crippen LogP contribution is -2.16. The molecule has 0 unspecified atom stereocenters. The molecule has 0 radical (unpaired) electrons. The van der Waals surface area contributed by atoms with Crippen LogP contribution < -0.4 is 5.32 Å². The van der Waals surface area contributed by atoms with Crippen LogP contribution in [0.2, 0.25) is 0 Å². The van der Waals surface area contributed by atoms with Crippen LogP contribution in [-0.4, -0.2) is 14.5 Å². The topological polar surface area (TPSA) is 42.7 Å². The first-order chi connectivity index (χ1) is 9.74. The summed E-state index contributed by atoms with van der Waals surface area (Å²) in [4.78, 5) is 9.12. The summed E-state index contributed by atoms with van der Waals surface area (Å²) in [5.41, 5.74) is 4.31. The van der Waals surface area contributed by atoms with Crippen molar-refractivity contribution >= 4 is 11.0 Å². The van der Waals surface area contributed by atoms with E-state index in [4.69, 9.17) is 0 Å². The van der Waals surface area contributed by atoms with E-state index in [1.54, 1.807) is 0 Å². The van der Waals surface area contributed by atoms with Crippen molar-refractivity contribution in [3.63, 3.8) is 0 Å². The number of hydrogen-bond donors (Lipinski definition) is 1. The van der Waals surface area contributed by atoms with Gasteiger partial charge < -0.3 is 9.88 Å². The Labute approximate surface area is 118 Å². The summed E-state index contributed by atoms with van der Waals surface area (Å²) >= 11 is 0. The van der Waals surface area contributed by atoms with Crippen LogP contribution in [-0.2, 0) is 20.1 Å². The van der Waals surface area contributed by atoms with Gasteiger partial charge in [-0.2, -0.15) is 0 Å². The van der Waals surface area contributed by atoms with E-state index in [-0.39, 0.29) is 0 Å². The Kier molecular flexibility index (Phi) is 3.48. The number of nitrogens with zero attached hydrogens (tertiary/aromatic N) is 3. The first-order valence-corrected chi connectivity index (χ1v) is 6.77. The van der Waals surface area contributed by atoms with Crippen LogP contribution in [0.15, 0.2) is 42.5 Å². The second-order valence-corrected chi connectivity index (χ2v) is 4.95. The molecule has 102 valence electrons. The molecule has 0 saturated carbocycles. The molecule has 2 aromatic heterocycles. The van der Waals surface area contributed by atoms with Crippen molar-refractivity contribution in [3.8, 4) is 0 Å². The van der Waals surface area contributed by atoms with Gasteiger partial charge in [-0.05, 0) is 31.2 Å². The van der Waals surface area contributed by atoms with Crippen molar-refractivity contribution in [1.29, 1.82) is 0 Å². The molecule has 0 amide bonds. The fourth-order valence-corrected chi connectivity index (χ4v) is 2.35. The molecule has 4 heteroatoms. The highest BCUT2D eigenvalue weighted by Crippen LogP contribution is 2.13. The number of aromatic nitrogens is 3. The molecule has 20 heavy (non-hydrogen) atoms. The summed E-state index contributed by atoms with van der Waals surface area (Å²) in [6.45, 7) is 3.50. The average molecular weight is 266 g/mol. The largest absolute Gasteiger partial charge is 0.330 e. The van der Waals surface area contributed by atoms with Crippen molar-refractivity contribution in [2.24, 2.45) is 7.05 Å². The number of rotatable bonds is 4. The lowest BCUT2D eigenvalue weighted by molar-refractivity contribution is 0.634. The normalized spacial score (nSPS) is 11.1. The SMILES string of the molecule is Cc1cccc(CNCc2nc3ccccc3n2C)n1. The molecule has 3 rings (SSSR count). The molecule has 0 saturated heterocycles. The third-order valence-electron chi connectivity index (χ3n) is 3.41. The quantitative estimate of drug-likeness (QED) is 0.789. The number of pyridine rings is 1. The summed E-state index contributed by atoms with van der Waals surface area (Å²) in [7, 11) is 2.05. The third-order valence-corrected chi connectivity index (χ3v) is 3.41. The predicted octanol–water partition coefficient (Wildman–Crippen LogP) is 2.57. The van der Waals surface area contributed by atoms with E-state index >= 15 is 0 Å². The van der Waals surface area contributed by atoms with Gasteiger partial charge in [0.05, 0.1) is 23.3 Å². The molecule has 0 bridgehead atoms. The Morgan fingerprint density at radius 1 is 1.00 bits per heavy atom. The Bertz CT molecular complexity index is 730. The van der Waals surface area contributed by atoms with Gasteiger partial charge in [-0.25, -0.2) is 4.98 Å². The molecule has 1 aromatic carbocycles. The highest BCUT2D eigenvalue weighted by molar-refractivity contribution is 5.75. The summed E-state index contributed by atoms with van der Waals surface area (Å²) in [6.07, 6.45) is 0. The van der Waals surface area contributed by atoms with Crippen LogP contribution in [0.3, 0.4) is 0 Å². The van der Waals surface area contributed by atoms with E-state index in [2.05, 4.69) is 33.0 Å². The molecular formula is C16H18N4. The highest BCUT2D eigenvalue weighted by Gasteiger charge is 2.06. The van der Waals surface area contributed by atoms with Crippen molar-refractivity contribution in [2.75, 3.05) is 0 Å². The highest BCUT2D eigenvalue weighted by atomic mass is 15.1. The minimum atomic E-state index is 0.737. The third kappa shape index (κ3) is 2.56. The number of hydrogen-bond acceptors (Lipinski definition) is 3. The number of nitrogens with one attached hydrogen (secondary N) is 1. The van der Waals surface area contributed by atoms with Gasteiger partial charge in [0.1, 0.15) is 5.82 Å². The standard InChI is InChI=1S/C16H18N4/c1-12-6-5-7-13(18-12)10-17-11-16-19-14-8-3-4-9-15(14)20(16)2/h3-9,17H,10-11H2,1-2H3. The molecule has 0 spiro atoms. The minimum absolute atomic E-state index is 0.737. The maximum absolute atomic E-state index is 4.64. The van der Waals surface area contributed by atoms with Crippen molar-refractivity contribution in [1.82, 2.24) is 19.9 Å². The van der Waals surface area contributed by atoms with Gasteiger partial charge in [0, 0.05) is 19.3 Å². The number of benzene rings is 1. The summed E-state index contributed by atoms with van der Waals surface area (Å²) in [5, 5.41) is 3.40. The van der Waals surface area contributed by atoms with Crippen LogP contribution in [0, 0.1) is 6.92 Å². The average Bonchev–Trinajstić information content (AvgIpc) is 2.76. The van der Waals surface area contributed by atoms with Crippen LogP contribution in [0.4, 0.5) is 0 Å². The molecule has 0 aliphatic heterocycles. The number of aryl methyl sites for hydroxylation is 2. The Hall–Kier alpha value is -2.20. The van der Waals surface area contributed by atoms with Gasteiger partial charge in [0.25, 0.3) is 0 Å². The number of fused-ring (bicyclic) bond motifs is 1. The molecule has 0 atom stereocenters. The maximum atomic E-state index is 4.64. The first-order valence-electron chi connectivity index (χ1n) is 6.77. The van der Waals surface area contributed by atoms with E-state index in [1.807, 2.05) is 43.3 Å². The van der Waals surface area contributed by atoms with Gasteiger partial charge in [-0.1, -0.05) is 18.2 Å². The van der Waals surface area contributed by atoms with Gasteiger partial charge in [0.2, 0.25) is 0 Å². The van der Waals surface area contributed by atoms with Crippen LogP contribution in [0.25, 0.3) is 11.0 Å². The zero-order valence-electron chi connectivity index (χ0n) is 11.8. The Morgan fingerprint density at radius 2 is 1.85 bits per heavy atom. The van der Waals surface area contributed by atoms with Crippen molar-refractivity contribution < 1.29 is 0 Å². The van der Waals surface area contributed by atoms with Crippen LogP contribution in [0.1, 0.15) is 17.2 Å². The summed E-state index contributed by atoms with van der Waals surface area (Å²) < 4.78 is 2.13. The van der Waals surface area contributed by atoms with Crippen molar-refractivity contribution in [3.05, 3.63) is 59.7 Å². The fraction of sp³-hybridized carbons (Fsp3) is 0.250. The molecule has 2 heterocycles. The van der Waals surface area contributed by atoms with Crippen molar-refractivity contribution in [2.45, 2.75) is 20.0 Å². The van der Waals surface area contributed by atoms with Gasteiger partial charge >= 0.3 is 0 Å². The minimum Gasteiger partial charge on any atom is -0.330 e. The molecule has 0 aliphatic rings. The van der Waals surface area contributed by atoms with Crippen LogP contribution in [0.5, 0.6) is 0 Å². The van der Waals surface area contributed by atoms with E-state index in [0.717, 1.165) is 41.3 Å². The van der Waals surface area contributed by atoms with Gasteiger partial charge in [0.15, 0.2) is 0 Å². The van der Waals surface area contributed by atoms with Crippen LogP contribution >= 0.6 is 0 Å². The Morgan fingerprint density at radius 3 is 2.65 bits per heavy atom. The van der Waals surface area contributed by atoms with Gasteiger partial charge in [-0.15, -0.1) is 0 Å². The second-order valence-electron chi connectivity index (χ2n) is 4.95. The van der Waals surface area contributed by atoms with E-state index in [0.29, 0.717) is 0 Å². The lowest BCUT2D eigenvalue weighted by Gasteiger charge is -2.05. The summed E-state index contributed by atoms with van der Waals surface area (Å²) in [5.74, 6) is 1.04. The second kappa shape index (κ2) is 5.43. The van der Waals surface area contributed by atoms with E-state index < -0.39 is 0 Å².